The number of nitrogens with zero attached hydrogens (tertiary/aromatic N) is 2. The zero-order valence-corrected chi connectivity index (χ0v) is 16.2. The molecule has 1 saturated heterocycles. The third-order valence-electron chi connectivity index (χ3n) is 5.13. The van der Waals surface area contributed by atoms with Gasteiger partial charge in [0, 0.05) is 32.4 Å². The van der Waals surface area contributed by atoms with Crippen LogP contribution in [0.5, 0.6) is 0 Å². The van der Waals surface area contributed by atoms with Crippen molar-refractivity contribution >= 4 is 11.9 Å². The second-order valence-corrected chi connectivity index (χ2v) is 7.36. The van der Waals surface area contributed by atoms with E-state index in [0.717, 1.165) is 5.56 Å². The van der Waals surface area contributed by atoms with Crippen LogP contribution in [0, 0.1) is 0 Å². The molecule has 0 saturated carbocycles. The Hall–Kier alpha value is -2.76. The normalized spacial score (nSPS) is 15.7. The molecule has 0 radical (unpaired) electrons. The van der Waals surface area contributed by atoms with E-state index < -0.39 is 0 Å². The van der Waals surface area contributed by atoms with Gasteiger partial charge in [-0.3, -0.25) is 4.79 Å². The molecular formula is C21H28N4O2. The summed E-state index contributed by atoms with van der Waals surface area (Å²) in [7, 11) is 0. The zero-order valence-electron chi connectivity index (χ0n) is 16.2. The van der Waals surface area contributed by atoms with Gasteiger partial charge < -0.3 is 20.1 Å². The van der Waals surface area contributed by atoms with Crippen molar-refractivity contribution in [2.45, 2.75) is 32.7 Å². The Kier molecular flexibility index (Phi) is 5.84. The molecule has 0 spiro atoms. The minimum absolute atomic E-state index is 0.0151. The molecule has 0 aliphatic carbocycles. The quantitative estimate of drug-likeness (QED) is 0.869. The highest BCUT2D eigenvalue weighted by molar-refractivity contribution is 5.92. The monoisotopic (exact) mass is 368 g/mol. The van der Waals surface area contributed by atoms with Crippen LogP contribution in [-0.2, 0) is 0 Å². The Balaban J connectivity index is 1.51. The smallest absolute Gasteiger partial charge is 0.317 e. The number of nitrogens with one attached hydrogen (secondary N) is 2. The number of aromatic nitrogens is 1. The second kappa shape index (κ2) is 8.29. The van der Waals surface area contributed by atoms with E-state index in [0.29, 0.717) is 37.8 Å². The van der Waals surface area contributed by atoms with Crippen LogP contribution in [0.4, 0.5) is 4.79 Å². The molecule has 1 atom stereocenters. The zero-order chi connectivity index (χ0) is 19.4. The lowest BCUT2D eigenvalue weighted by Gasteiger charge is -2.35. The van der Waals surface area contributed by atoms with Crippen LogP contribution in [0.25, 0.3) is 0 Å². The Labute approximate surface area is 160 Å². The first-order valence-corrected chi connectivity index (χ1v) is 9.53. The molecule has 0 bridgehead atoms. The average Bonchev–Trinajstić information content (AvgIpc) is 3.22. The van der Waals surface area contributed by atoms with Crippen molar-refractivity contribution in [1.82, 2.24) is 20.1 Å². The average molecular weight is 368 g/mol. The van der Waals surface area contributed by atoms with Crippen molar-refractivity contribution in [2.75, 3.05) is 26.2 Å². The van der Waals surface area contributed by atoms with E-state index in [4.69, 9.17) is 0 Å². The summed E-state index contributed by atoms with van der Waals surface area (Å²) < 4.78 is 0. The summed E-state index contributed by atoms with van der Waals surface area (Å²) in [5.41, 5.74) is 2.97. The molecule has 1 aromatic heterocycles. The first-order chi connectivity index (χ1) is 13.0. The molecule has 3 rings (SSSR count). The van der Waals surface area contributed by atoms with Gasteiger partial charge in [-0.1, -0.05) is 38.1 Å². The van der Waals surface area contributed by atoms with Gasteiger partial charge in [-0.2, -0.15) is 0 Å². The van der Waals surface area contributed by atoms with Gasteiger partial charge in [0.25, 0.3) is 5.91 Å². The Morgan fingerprint density at radius 3 is 2.07 bits per heavy atom. The number of piperazine rings is 1. The minimum atomic E-state index is -0.0811. The van der Waals surface area contributed by atoms with Crippen LogP contribution in [0.3, 0.4) is 0 Å². The van der Waals surface area contributed by atoms with E-state index in [1.807, 2.05) is 13.0 Å². The number of amides is 3. The standard InChI is InChI=1S/C21H28N4O2/c1-15(2)17-6-8-18(9-7-17)16(3)23-21(27)25-13-11-24(12-14-25)20(26)19-5-4-10-22-19/h4-10,15-16,22H,11-14H2,1-3H3,(H,23,27). The molecule has 3 amide bonds. The van der Waals surface area contributed by atoms with Crippen LogP contribution in [0.15, 0.2) is 42.6 Å². The van der Waals surface area contributed by atoms with Gasteiger partial charge in [0.2, 0.25) is 0 Å². The summed E-state index contributed by atoms with van der Waals surface area (Å²) in [6, 6.07) is 11.8. The molecule has 2 N–H and O–H groups in total. The van der Waals surface area contributed by atoms with E-state index in [1.165, 1.54) is 5.56 Å². The maximum absolute atomic E-state index is 12.6. The van der Waals surface area contributed by atoms with Crippen LogP contribution in [-0.4, -0.2) is 52.9 Å². The number of hydrogen-bond acceptors (Lipinski definition) is 2. The van der Waals surface area contributed by atoms with E-state index in [1.54, 1.807) is 22.1 Å². The maximum atomic E-state index is 12.6. The molecule has 27 heavy (non-hydrogen) atoms. The van der Waals surface area contributed by atoms with Gasteiger partial charge in [0.05, 0.1) is 6.04 Å². The van der Waals surface area contributed by atoms with E-state index >= 15 is 0 Å². The number of carbonyl (C=O) groups is 2. The molecule has 2 aromatic rings. The van der Waals surface area contributed by atoms with Gasteiger partial charge in [-0.05, 0) is 36.1 Å². The summed E-state index contributed by atoms with van der Waals surface area (Å²) in [5.74, 6) is 0.479. The summed E-state index contributed by atoms with van der Waals surface area (Å²) in [6.45, 7) is 8.49. The summed E-state index contributed by atoms with van der Waals surface area (Å²) in [6.07, 6.45) is 1.74. The van der Waals surface area contributed by atoms with Crippen molar-refractivity contribution in [3.8, 4) is 0 Å². The Bertz CT molecular complexity index is 760. The summed E-state index contributed by atoms with van der Waals surface area (Å²) in [4.78, 5) is 31.4. The van der Waals surface area contributed by atoms with E-state index in [-0.39, 0.29) is 18.0 Å². The molecule has 6 heteroatoms. The fraction of sp³-hybridized carbons (Fsp3) is 0.429. The van der Waals surface area contributed by atoms with E-state index in [9.17, 15) is 9.59 Å². The molecule has 1 unspecified atom stereocenters. The number of rotatable bonds is 4. The maximum Gasteiger partial charge on any atom is 0.317 e. The number of H-pyrrole nitrogens is 1. The molecule has 1 fully saturated rings. The summed E-state index contributed by atoms with van der Waals surface area (Å²) >= 11 is 0. The van der Waals surface area contributed by atoms with Crippen molar-refractivity contribution in [3.05, 3.63) is 59.4 Å². The van der Waals surface area contributed by atoms with Crippen molar-refractivity contribution in [1.29, 1.82) is 0 Å². The van der Waals surface area contributed by atoms with Gasteiger partial charge in [0.15, 0.2) is 0 Å². The molecular weight excluding hydrogens is 340 g/mol. The van der Waals surface area contributed by atoms with Gasteiger partial charge in [-0.15, -0.1) is 0 Å². The van der Waals surface area contributed by atoms with Gasteiger partial charge in [-0.25, -0.2) is 4.79 Å². The lowest BCUT2D eigenvalue weighted by Crippen LogP contribution is -2.53. The van der Waals surface area contributed by atoms with Crippen LogP contribution in [0.2, 0.25) is 0 Å². The topological polar surface area (TPSA) is 68.4 Å². The fourth-order valence-electron chi connectivity index (χ4n) is 3.28. The first kappa shape index (κ1) is 19.0. The number of aromatic amines is 1. The number of benzene rings is 1. The predicted octanol–water partition coefficient (Wildman–Crippen LogP) is 3.37. The lowest BCUT2D eigenvalue weighted by atomic mass is 10.00. The summed E-state index contributed by atoms with van der Waals surface area (Å²) in [5, 5.41) is 3.06. The van der Waals surface area contributed by atoms with Crippen molar-refractivity contribution < 1.29 is 9.59 Å². The van der Waals surface area contributed by atoms with Crippen LogP contribution < -0.4 is 5.32 Å². The number of hydrogen-bond donors (Lipinski definition) is 2. The SMILES string of the molecule is CC(C)c1ccc(C(C)NC(=O)N2CCN(C(=O)c3ccc[nH]3)CC2)cc1. The third kappa shape index (κ3) is 4.51. The van der Waals surface area contributed by atoms with Gasteiger partial charge >= 0.3 is 6.03 Å². The predicted molar refractivity (Wildman–Crippen MR) is 106 cm³/mol. The largest absolute Gasteiger partial charge is 0.357 e. The molecule has 144 valence electrons. The Morgan fingerprint density at radius 2 is 1.52 bits per heavy atom. The minimum Gasteiger partial charge on any atom is -0.357 e. The van der Waals surface area contributed by atoms with E-state index in [2.05, 4.69) is 48.4 Å². The highest BCUT2D eigenvalue weighted by atomic mass is 16.2. The second-order valence-electron chi connectivity index (χ2n) is 7.36. The van der Waals surface area contributed by atoms with Crippen molar-refractivity contribution in [3.63, 3.8) is 0 Å². The van der Waals surface area contributed by atoms with Crippen LogP contribution >= 0.6 is 0 Å². The third-order valence-corrected chi connectivity index (χ3v) is 5.13. The molecule has 2 heterocycles. The number of carbonyl (C=O) groups excluding carboxylic acids is 2. The highest BCUT2D eigenvalue weighted by Gasteiger charge is 2.25. The Morgan fingerprint density at radius 1 is 0.926 bits per heavy atom. The van der Waals surface area contributed by atoms with Crippen LogP contribution in [0.1, 0.15) is 54.3 Å². The number of urea groups is 1. The molecule has 1 aliphatic heterocycles. The van der Waals surface area contributed by atoms with Crippen molar-refractivity contribution in [2.24, 2.45) is 0 Å². The van der Waals surface area contributed by atoms with Gasteiger partial charge in [0.1, 0.15) is 5.69 Å². The fourth-order valence-corrected chi connectivity index (χ4v) is 3.28. The highest BCUT2D eigenvalue weighted by Crippen LogP contribution is 2.19. The molecule has 1 aliphatic rings. The molecule has 1 aromatic carbocycles. The molecule has 6 nitrogen and oxygen atoms in total. The lowest BCUT2D eigenvalue weighted by molar-refractivity contribution is 0.0658. The first-order valence-electron chi connectivity index (χ1n) is 9.53.